The minimum Gasteiger partial charge on any atom is -0.352 e. The number of hydrogen-bond donors (Lipinski definition) is 2. The van der Waals surface area contributed by atoms with Crippen molar-refractivity contribution in [2.75, 3.05) is 0 Å². The van der Waals surface area contributed by atoms with Crippen LogP contribution in [0.4, 0.5) is 0 Å². The molecule has 4 aromatic carbocycles. The van der Waals surface area contributed by atoms with E-state index in [2.05, 4.69) is 26.2 Å². The molecule has 5 aromatic rings. The summed E-state index contributed by atoms with van der Waals surface area (Å²) in [6, 6.07) is 26.1. The molecule has 2 N–H and O–H groups in total. The second kappa shape index (κ2) is 9.11. The van der Waals surface area contributed by atoms with Crippen molar-refractivity contribution < 1.29 is 4.79 Å². The van der Waals surface area contributed by atoms with Crippen LogP contribution in [0.5, 0.6) is 0 Å². The number of aromatic amines is 1. The molecule has 0 saturated carbocycles. The molecule has 5 rings (SSSR count). The van der Waals surface area contributed by atoms with Gasteiger partial charge in [0.2, 0.25) is 5.91 Å². The molecule has 0 fully saturated rings. The largest absolute Gasteiger partial charge is 0.352 e. The molecule has 0 radical (unpaired) electrons. The van der Waals surface area contributed by atoms with Gasteiger partial charge in [0.05, 0.1) is 23.0 Å². The fraction of sp³-hybridized carbons (Fsp3) is 0.0741. The highest BCUT2D eigenvalue weighted by Gasteiger charge is 2.11. The van der Waals surface area contributed by atoms with E-state index in [9.17, 15) is 14.4 Å². The molecule has 0 aliphatic rings. The third kappa shape index (κ3) is 4.30. The Bertz CT molecular complexity index is 1650. The Morgan fingerprint density at radius 3 is 2.47 bits per heavy atom. The number of aromatic nitrogens is 2. The molecule has 7 heteroatoms. The summed E-state index contributed by atoms with van der Waals surface area (Å²) in [5.41, 5.74) is 1.85. The van der Waals surface area contributed by atoms with Gasteiger partial charge in [0, 0.05) is 11.0 Å². The Morgan fingerprint density at radius 1 is 0.882 bits per heavy atom. The van der Waals surface area contributed by atoms with Crippen LogP contribution >= 0.6 is 15.9 Å². The quantitative estimate of drug-likeness (QED) is 0.364. The van der Waals surface area contributed by atoms with Crippen LogP contribution in [0.25, 0.3) is 27.4 Å². The van der Waals surface area contributed by atoms with E-state index in [1.165, 1.54) is 0 Å². The van der Waals surface area contributed by atoms with E-state index in [1.807, 2.05) is 42.5 Å². The predicted molar refractivity (Wildman–Crippen MR) is 137 cm³/mol. The number of carbonyl (C=O) groups excluding carboxylic acids is 1. The summed E-state index contributed by atoms with van der Waals surface area (Å²) in [7, 11) is 0. The van der Waals surface area contributed by atoms with Crippen molar-refractivity contribution in [3.63, 3.8) is 0 Å². The van der Waals surface area contributed by atoms with Gasteiger partial charge < -0.3 is 10.3 Å². The molecule has 6 nitrogen and oxygen atoms in total. The van der Waals surface area contributed by atoms with Gasteiger partial charge in [-0.15, -0.1) is 0 Å². The molecule has 0 spiro atoms. The summed E-state index contributed by atoms with van der Waals surface area (Å²) in [4.78, 5) is 40.8. The van der Waals surface area contributed by atoms with Crippen LogP contribution in [0.15, 0.2) is 99.0 Å². The zero-order chi connectivity index (χ0) is 23.7. The summed E-state index contributed by atoms with van der Waals surface area (Å²) in [5, 5.41) is 5.64. The van der Waals surface area contributed by atoms with E-state index in [4.69, 9.17) is 0 Å². The highest BCUT2D eigenvalue weighted by Crippen LogP contribution is 2.18. The third-order valence-electron chi connectivity index (χ3n) is 5.77. The number of nitrogens with zero attached hydrogens (tertiary/aromatic N) is 1. The molecule has 0 bridgehead atoms. The van der Waals surface area contributed by atoms with Gasteiger partial charge in [-0.3, -0.25) is 9.59 Å². The molecule has 34 heavy (non-hydrogen) atoms. The smallest absolute Gasteiger partial charge is 0.333 e. The summed E-state index contributed by atoms with van der Waals surface area (Å²) in [6.07, 6.45) is 0.195. The van der Waals surface area contributed by atoms with Gasteiger partial charge in [-0.05, 0) is 52.2 Å². The number of benzene rings is 4. The number of fused-ring (bicyclic) bond motifs is 2. The van der Waals surface area contributed by atoms with Gasteiger partial charge in [-0.2, -0.15) is 0 Å². The van der Waals surface area contributed by atoms with Crippen molar-refractivity contribution >= 4 is 43.5 Å². The highest BCUT2D eigenvalue weighted by atomic mass is 79.9. The second-order valence-electron chi connectivity index (χ2n) is 8.02. The molecule has 168 valence electrons. The third-order valence-corrected chi connectivity index (χ3v) is 6.27. The van der Waals surface area contributed by atoms with Crippen LogP contribution in [0.2, 0.25) is 0 Å². The average Bonchev–Trinajstić information content (AvgIpc) is 2.84. The molecule has 1 amide bonds. The number of rotatable bonds is 5. The summed E-state index contributed by atoms with van der Waals surface area (Å²) in [5.74, 6) is -0.105. The van der Waals surface area contributed by atoms with Crippen molar-refractivity contribution in [2.24, 2.45) is 0 Å². The number of carbonyl (C=O) groups is 1. The monoisotopic (exact) mass is 513 g/mol. The molecule has 0 saturated heterocycles. The minimum atomic E-state index is -0.514. The number of halogens is 1. The van der Waals surface area contributed by atoms with Gasteiger partial charge in [-0.1, -0.05) is 70.5 Å². The Hall–Kier alpha value is -3.97. The van der Waals surface area contributed by atoms with E-state index in [0.717, 1.165) is 30.9 Å². The second-order valence-corrected chi connectivity index (χ2v) is 8.93. The van der Waals surface area contributed by atoms with Gasteiger partial charge in [0.25, 0.3) is 5.56 Å². The molecule has 0 aliphatic heterocycles. The fourth-order valence-electron chi connectivity index (χ4n) is 4.07. The van der Waals surface area contributed by atoms with Crippen LogP contribution in [0.1, 0.15) is 11.1 Å². The lowest BCUT2D eigenvalue weighted by Gasteiger charge is -2.10. The maximum Gasteiger partial charge on any atom is 0.333 e. The first-order valence-corrected chi connectivity index (χ1v) is 11.6. The Labute approximate surface area is 203 Å². The van der Waals surface area contributed by atoms with Crippen molar-refractivity contribution in [3.05, 3.63) is 121 Å². The first kappa shape index (κ1) is 21.9. The molecular weight excluding hydrogens is 494 g/mol. The molecule has 1 heterocycles. The van der Waals surface area contributed by atoms with Crippen molar-refractivity contribution in [2.45, 2.75) is 13.0 Å². The minimum absolute atomic E-state index is 0.105. The van der Waals surface area contributed by atoms with Crippen molar-refractivity contribution in [1.29, 1.82) is 0 Å². The maximum absolute atomic E-state index is 12.9. The molecule has 1 aromatic heterocycles. The molecular formula is C27H20BrN3O3. The Morgan fingerprint density at radius 2 is 1.65 bits per heavy atom. The zero-order valence-corrected chi connectivity index (χ0v) is 19.6. The maximum atomic E-state index is 12.9. The first-order valence-electron chi connectivity index (χ1n) is 10.8. The molecule has 0 aliphatic carbocycles. The average molecular weight is 514 g/mol. The van der Waals surface area contributed by atoms with Gasteiger partial charge in [0.15, 0.2) is 0 Å². The lowest BCUT2D eigenvalue weighted by atomic mass is 10.0. The van der Waals surface area contributed by atoms with Crippen molar-refractivity contribution in [3.8, 4) is 5.69 Å². The Kier molecular flexibility index (Phi) is 5.86. The summed E-state index contributed by atoms with van der Waals surface area (Å²) in [6.45, 7) is 0.440. The van der Waals surface area contributed by atoms with E-state index < -0.39 is 11.2 Å². The number of H-pyrrole nitrogens is 1. The lowest BCUT2D eigenvalue weighted by Crippen LogP contribution is -2.33. The Balaban J connectivity index is 1.32. The van der Waals surface area contributed by atoms with Gasteiger partial charge >= 0.3 is 5.69 Å². The topological polar surface area (TPSA) is 84.0 Å². The standard InChI is InChI=1S/C27H20BrN3O3/c28-20-10-13-24-23(15-20)26(33)31(27(34)30-24)21-11-8-17(9-12-21)14-25(32)29-16-19-6-3-5-18-4-1-2-7-22(18)19/h1-13,15H,14,16H2,(H,29,32)(H,30,34). The summed E-state index contributed by atoms with van der Waals surface area (Å²) >= 11 is 3.36. The van der Waals surface area contributed by atoms with Crippen LogP contribution in [0.3, 0.4) is 0 Å². The van der Waals surface area contributed by atoms with E-state index in [0.29, 0.717) is 23.1 Å². The molecule has 0 unspecified atom stereocenters. The van der Waals surface area contributed by atoms with E-state index in [-0.39, 0.29) is 12.3 Å². The van der Waals surface area contributed by atoms with Crippen LogP contribution in [-0.2, 0) is 17.8 Å². The van der Waals surface area contributed by atoms with E-state index in [1.54, 1.807) is 42.5 Å². The fourth-order valence-corrected chi connectivity index (χ4v) is 4.43. The highest BCUT2D eigenvalue weighted by molar-refractivity contribution is 9.10. The van der Waals surface area contributed by atoms with Crippen LogP contribution < -0.4 is 16.6 Å². The van der Waals surface area contributed by atoms with Crippen molar-refractivity contribution in [1.82, 2.24) is 14.9 Å². The zero-order valence-electron chi connectivity index (χ0n) is 18.0. The number of nitrogens with one attached hydrogen (secondary N) is 2. The van der Waals surface area contributed by atoms with Crippen LogP contribution in [0, 0.1) is 0 Å². The number of hydrogen-bond acceptors (Lipinski definition) is 3. The SMILES string of the molecule is O=C(Cc1ccc(-n2c(=O)[nH]c3ccc(Br)cc3c2=O)cc1)NCc1cccc2ccccc12. The van der Waals surface area contributed by atoms with Gasteiger partial charge in [-0.25, -0.2) is 9.36 Å². The molecule has 0 atom stereocenters. The normalized spacial score (nSPS) is 11.1. The lowest BCUT2D eigenvalue weighted by molar-refractivity contribution is -0.120. The van der Waals surface area contributed by atoms with Gasteiger partial charge in [0.1, 0.15) is 0 Å². The number of amides is 1. The predicted octanol–water partition coefficient (Wildman–Crippen LogP) is 4.45. The van der Waals surface area contributed by atoms with Crippen LogP contribution in [-0.4, -0.2) is 15.5 Å². The summed E-state index contributed by atoms with van der Waals surface area (Å²) < 4.78 is 1.85. The first-order chi connectivity index (χ1) is 16.5. The van der Waals surface area contributed by atoms with E-state index >= 15 is 0 Å².